The molecule has 4 aromatic carbocycles. The van der Waals surface area contributed by atoms with Crippen molar-refractivity contribution in [1.29, 1.82) is 0 Å². The van der Waals surface area contributed by atoms with E-state index in [1.807, 2.05) is 24.5 Å². The minimum absolute atomic E-state index is 0.983. The van der Waals surface area contributed by atoms with Crippen molar-refractivity contribution < 1.29 is 0 Å². The van der Waals surface area contributed by atoms with Crippen molar-refractivity contribution in [3.05, 3.63) is 133 Å². The van der Waals surface area contributed by atoms with Crippen LogP contribution in [0.25, 0.3) is 66.4 Å². The van der Waals surface area contributed by atoms with Gasteiger partial charge in [-0.05, 0) is 96.8 Å². The average molecular weight is 515 g/mol. The molecule has 0 N–H and O–H groups in total. The second-order valence-electron chi connectivity index (χ2n) is 10.4. The van der Waals surface area contributed by atoms with E-state index in [9.17, 15) is 0 Å². The first kappa shape index (κ1) is 22.7. The highest BCUT2D eigenvalue weighted by Gasteiger charge is 2.16. The van der Waals surface area contributed by atoms with Crippen molar-refractivity contribution in [3.63, 3.8) is 0 Å². The van der Waals surface area contributed by atoms with Crippen molar-refractivity contribution in [2.75, 3.05) is 0 Å². The molecule has 8 rings (SSSR count). The van der Waals surface area contributed by atoms with Crippen molar-refractivity contribution in [1.82, 2.24) is 19.1 Å². The van der Waals surface area contributed by atoms with Gasteiger partial charge in [-0.1, -0.05) is 48.5 Å². The van der Waals surface area contributed by atoms with Gasteiger partial charge < -0.3 is 4.57 Å². The average Bonchev–Trinajstić information content (AvgIpc) is 3.51. The molecule has 0 spiro atoms. The number of fused-ring (bicyclic) bond motifs is 6. The molecule has 4 heterocycles. The zero-order chi connectivity index (χ0) is 26.8. The normalized spacial score (nSPS) is 11.8. The van der Waals surface area contributed by atoms with Crippen LogP contribution in [0, 0.1) is 13.8 Å². The van der Waals surface area contributed by atoms with E-state index >= 15 is 0 Å². The molecule has 4 aromatic heterocycles. The van der Waals surface area contributed by atoms with Gasteiger partial charge in [0, 0.05) is 39.9 Å². The van der Waals surface area contributed by atoms with Crippen LogP contribution in [0.3, 0.4) is 0 Å². The van der Waals surface area contributed by atoms with Gasteiger partial charge in [0.25, 0.3) is 0 Å². The predicted molar refractivity (Wildman–Crippen MR) is 166 cm³/mol. The second kappa shape index (κ2) is 8.65. The molecular weight excluding hydrogens is 488 g/mol. The van der Waals surface area contributed by atoms with Gasteiger partial charge >= 0.3 is 0 Å². The van der Waals surface area contributed by atoms with E-state index in [-0.39, 0.29) is 0 Å². The molecule has 0 bridgehead atoms. The fourth-order valence-corrected chi connectivity index (χ4v) is 6.30. The van der Waals surface area contributed by atoms with Gasteiger partial charge in [0.15, 0.2) is 0 Å². The first-order valence-corrected chi connectivity index (χ1v) is 13.6. The molecule has 8 aromatic rings. The predicted octanol–water partition coefficient (Wildman–Crippen LogP) is 8.95. The summed E-state index contributed by atoms with van der Waals surface area (Å²) < 4.78 is 4.59. The molecule has 0 aliphatic rings. The highest BCUT2D eigenvalue weighted by atomic mass is 15.0. The van der Waals surface area contributed by atoms with Gasteiger partial charge in [-0.15, -0.1) is 0 Å². The molecule has 0 amide bonds. The lowest BCUT2D eigenvalue weighted by molar-refractivity contribution is 1.13. The van der Waals surface area contributed by atoms with Crippen LogP contribution >= 0.6 is 0 Å². The molecule has 0 saturated heterocycles. The van der Waals surface area contributed by atoms with Gasteiger partial charge in [0.1, 0.15) is 5.65 Å². The Balaban J connectivity index is 1.25. The third-order valence-electron chi connectivity index (χ3n) is 8.09. The Morgan fingerprint density at radius 1 is 0.475 bits per heavy atom. The maximum atomic E-state index is 4.75. The second-order valence-corrected chi connectivity index (χ2v) is 10.4. The van der Waals surface area contributed by atoms with Gasteiger partial charge in [-0.2, -0.15) is 0 Å². The Bertz CT molecular complexity index is 1980. The number of para-hydroxylation sites is 2. The first-order chi connectivity index (χ1) is 19.7. The van der Waals surface area contributed by atoms with Crippen LogP contribution in [0.4, 0.5) is 0 Å². The van der Waals surface area contributed by atoms with Gasteiger partial charge in [0.05, 0.1) is 22.1 Å². The van der Waals surface area contributed by atoms with Crippen LogP contribution in [0.2, 0.25) is 0 Å². The molecule has 0 saturated carbocycles. The number of aromatic nitrogens is 4. The third-order valence-corrected chi connectivity index (χ3v) is 8.09. The number of aryl methyl sites for hydroxylation is 2. The van der Waals surface area contributed by atoms with Crippen molar-refractivity contribution >= 4 is 43.9 Å². The maximum Gasteiger partial charge on any atom is 0.145 e. The van der Waals surface area contributed by atoms with Crippen LogP contribution in [0.5, 0.6) is 0 Å². The summed E-state index contributed by atoms with van der Waals surface area (Å²) >= 11 is 0. The number of hydrogen-bond donors (Lipinski definition) is 0. The molecular formula is C36H26N4. The largest absolute Gasteiger partial charge is 0.308 e. The molecule has 0 radical (unpaired) electrons. The zero-order valence-electron chi connectivity index (χ0n) is 22.3. The molecule has 4 heteroatoms. The smallest absolute Gasteiger partial charge is 0.145 e. The number of rotatable bonds is 3. The maximum absolute atomic E-state index is 4.75. The van der Waals surface area contributed by atoms with E-state index in [1.165, 1.54) is 49.4 Å². The van der Waals surface area contributed by atoms with Crippen LogP contribution in [0.1, 0.15) is 11.1 Å². The lowest BCUT2D eigenvalue weighted by atomic mass is 9.95. The summed E-state index contributed by atoms with van der Waals surface area (Å²) in [4.78, 5) is 9.45. The molecule has 190 valence electrons. The van der Waals surface area contributed by atoms with Crippen molar-refractivity contribution in [2.45, 2.75) is 13.8 Å². The Hall–Kier alpha value is -5.22. The van der Waals surface area contributed by atoms with E-state index < -0.39 is 0 Å². The van der Waals surface area contributed by atoms with E-state index in [0.717, 1.165) is 28.1 Å². The zero-order valence-corrected chi connectivity index (χ0v) is 22.3. The topological polar surface area (TPSA) is 35.6 Å². The lowest BCUT2D eigenvalue weighted by Gasteiger charge is -2.15. The Kier molecular flexibility index (Phi) is 4.92. The van der Waals surface area contributed by atoms with Gasteiger partial charge in [-0.25, -0.2) is 4.98 Å². The SMILES string of the molecule is Cc1cc(-n2c3ccccc3c3ncccc32)ccc1-c1ccc(-n2c3ccccc3c3cccnc32)cc1C. The number of benzene rings is 4. The Labute approximate surface area is 231 Å². The minimum Gasteiger partial charge on any atom is -0.308 e. The summed E-state index contributed by atoms with van der Waals surface area (Å²) in [6.45, 7) is 4.40. The lowest BCUT2D eigenvalue weighted by Crippen LogP contribution is -1.98. The van der Waals surface area contributed by atoms with Crippen molar-refractivity contribution in [3.8, 4) is 22.5 Å². The third kappa shape index (κ3) is 3.26. The summed E-state index contributed by atoms with van der Waals surface area (Å²) in [7, 11) is 0. The summed E-state index contributed by atoms with van der Waals surface area (Å²) in [6, 6.07) is 38.9. The quantitative estimate of drug-likeness (QED) is 0.236. The van der Waals surface area contributed by atoms with Crippen LogP contribution < -0.4 is 0 Å². The van der Waals surface area contributed by atoms with Crippen LogP contribution in [-0.4, -0.2) is 19.1 Å². The monoisotopic (exact) mass is 514 g/mol. The van der Waals surface area contributed by atoms with Gasteiger partial charge in [0.2, 0.25) is 0 Å². The Morgan fingerprint density at radius 2 is 1.02 bits per heavy atom. The number of hydrogen-bond acceptors (Lipinski definition) is 2. The molecule has 0 atom stereocenters. The standard InChI is InChI=1S/C36H26N4/c1-23-21-25(39-33-13-6-4-10-31(33)35-34(39)14-8-19-37-35)15-17-27(23)28-18-16-26(22-24(28)2)40-32-12-5-3-9-29(32)30-11-7-20-38-36(30)40/h3-22H,1-2H3. The molecule has 40 heavy (non-hydrogen) atoms. The molecule has 0 fully saturated rings. The fourth-order valence-electron chi connectivity index (χ4n) is 6.30. The molecule has 4 nitrogen and oxygen atoms in total. The van der Waals surface area contributed by atoms with E-state index in [4.69, 9.17) is 9.97 Å². The Morgan fingerprint density at radius 3 is 1.75 bits per heavy atom. The van der Waals surface area contributed by atoms with Crippen LogP contribution in [0.15, 0.2) is 122 Å². The summed E-state index contributed by atoms with van der Waals surface area (Å²) in [6.07, 6.45) is 3.74. The fraction of sp³-hybridized carbons (Fsp3) is 0.0556. The van der Waals surface area contributed by atoms with Gasteiger partial charge in [-0.3, -0.25) is 9.55 Å². The first-order valence-electron chi connectivity index (χ1n) is 13.6. The van der Waals surface area contributed by atoms with Crippen molar-refractivity contribution in [2.24, 2.45) is 0 Å². The van der Waals surface area contributed by atoms with E-state index in [0.29, 0.717) is 0 Å². The highest BCUT2D eigenvalue weighted by Crippen LogP contribution is 2.36. The van der Waals surface area contributed by atoms with Crippen LogP contribution in [-0.2, 0) is 0 Å². The number of pyridine rings is 2. The van der Waals surface area contributed by atoms with E-state index in [2.05, 4.69) is 120 Å². The summed E-state index contributed by atoms with van der Waals surface area (Å²) in [5, 5.41) is 3.57. The highest BCUT2D eigenvalue weighted by molar-refractivity contribution is 6.08. The minimum atomic E-state index is 0.983. The van der Waals surface area contributed by atoms with E-state index in [1.54, 1.807) is 0 Å². The molecule has 0 aliphatic carbocycles. The number of nitrogens with zero attached hydrogens (tertiary/aromatic N) is 4. The molecule has 0 aliphatic heterocycles. The summed E-state index contributed by atoms with van der Waals surface area (Å²) in [5.74, 6) is 0. The summed E-state index contributed by atoms with van der Waals surface area (Å²) in [5.41, 5.74) is 12.7. The molecule has 0 unspecified atom stereocenters.